The number of hydrogen-bond donors (Lipinski definition) is 1. The van der Waals surface area contributed by atoms with Gasteiger partial charge >= 0.3 is 0 Å². The quantitative estimate of drug-likeness (QED) is 0.733. The lowest BCUT2D eigenvalue weighted by Gasteiger charge is -2.36. The summed E-state index contributed by atoms with van der Waals surface area (Å²) in [6, 6.07) is 0. The summed E-state index contributed by atoms with van der Waals surface area (Å²) < 4.78 is 5.64. The predicted molar refractivity (Wildman–Crippen MR) is 71.3 cm³/mol. The first-order valence-corrected chi connectivity index (χ1v) is 7.21. The van der Waals surface area contributed by atoms with Gasteiger partial charge in [-0.15, -0.1) is 0 Å². The summed E-state index contributed by atoms with van der Waals surface area (Å²) in [5.41, 5.74) is 0.370. The van der Waals surface area contributed by atoms with E-state index >= 15 is 0 Å². The van der Waals surface area contributed by atoms with Crippen LogP contribution in [0.1, 0.15) is 32.6 Å². The molecular formula is C14H28N2O. The highest BCUT2D eigenvalue weighted by atomic mass is 16.5. The number of ether oxygens (including phenoxy) is 1. The Morgan fingerprint density at radius 2 is 2.24 bits per heavy atom. The average Bonchev–Trinajstić information content (AvgIpc) is 2.70. The highest BCUT2D eigenvalue weighted by Gasteiger charge is 2.36. The molecule has 1 heterocycles. The molecule has 0 amide bonds. The van der Waals surface area contributed by atoms with Gasteiger partial charge < -0.3 is 15.0 Å². The zero-order valence-electron chi connectivity index (χ0n) is 11.5. The minimum Gasteiger partial charge on any atom is -0.381 e. The fourth-order valence-electron chi connectivity index (χ4n) is 3.11. The molecule has 1 unspecified atom stereocenters. The van der Waals surface area contributed by atoms with Crippen molar-refractivity contribution in [1.29, 1.82) is 0 Å². The van der Waals surface area contributed by atoms with Crippen LogP contribution in [-0.4, -0.2) is 51.3 Å². The fraction of sp³-hybridized carbons (Fsp3) is 1.00. The molecule has 1 atom stereocenters. The molecule has 1 N–H and O–H groups in total. The average molecular weight is 240 g/mol. The van der Waals surface area contributed by atoms with E-state index in [1.807, 2.05) is 0 Å². The van der Waals surface area contributed by atoms with Crippen LogP contribution < -0.4 is 5.32 Å². The van der Waals surface area contributed by atoms with E-state index in [2.05, 4.69) is 24.2 Å². The third-order valence-corrected chi connectivity index (χ3v) is 4.33. The fourth-order valence-corrected chi connectivity index (χ4v) is 3.11. The van der Waals surface area contributed by atoms with Crippen LogP contribution in [0.25, 0.3) is 0 Å². The Balaban J connectivity index is 1.78. The van der Waals surface area contributed by atoms with Gasteiger partial charge in [-0.05, 0) is 38.8 Å². The Hall–Kier alpha value is -0.120. The third-order valence-electron chi connectivity index (χ3n) is 4.33. The molecule has 0 aromatic carbocycles. The maximum atomic E-state index is 5.64. The van der Waals surface area contributed by atoms with Crippen LogP contribution in [0.3, 0.4) is 0 Å². The van der Waals surface area contributed by atoms with E-state index in [0.29, 0.717) is 5.41 Å². The second kappa shape index (κ2) is 6.17. The van der Waals surface area contributed by atoms with Gasteiger partial charge in [-0.2, -0.15) is 0 Å². The Morgan fingerprint density at radius 3 is 2.76 bits per heavy atom. The van der Waals surface area contributed by atoms with Gasteiger partial charge in [0.1, 0.15) is 0 Å². The number of nitrogens with one attached hydrogen (secondary N) is 1. The first-order valence-electron chi connectivity index (χ1n) is 7.21. The summed E-state index contributed by atoms with van der Waals surface area (Å²) in [6.45, 7) is 8.72. The summed E-state index contributed by atoms with van der Waals surface area (Å²) in [5.74, 6) is 0.971. The van der Waals surface area contributed by atoms with E-state index in [-0.39, 0.29) is 0 Å². The largest absolute Gasteiger partial charge is 0.381 e. The Morgan fingerprint density at radius 1 is 1.41 bits per heavy atom. The summed E-state index contributed by atoms with van der Waals surface area (Å²) in [6.07, 6.45) is 5.56. The summed E-state index contributed by atoms with van der Waals surface area (Å²) in [7, 11) is 2.28. The molecule has 2 aliphatic rings. The van der Waals surface area contributed by atoms with Crippen LogP contribution in [-0.2, 0) is 4.74 Å². The van der Waals surface area contributed by atoms with Crippen LogP contribution >= 0.6 is 0 Å². The van der Waals surface area contributed by atoms with Crippen LogP contribution in [0.15, 0.2) is 0 Å². The number of nitrogens with zero attached hydrogens (tertiary/aromatic N) is 1. The van der Waals surface area contributed by atoms with Crippen LogP contribution in [0.4, 0.5) is 0 Å². The lowest BCUT2D eigenvalue weighted by Crippen LogP contribution is -2.45. The molecule has 0 radical (unpaired) electrons. The predicted octanol–water partition coefficient (Wildman–Crippen LogP) is 1.73. The van der Waals surface area contributed by atoms with E-state index in [9.17, 15) is 0 Å². The van der Waals surface area contributed by atoms with Crippen LogP contribution in [0, 0.1) is 11.3 Å². The van der Waals surface area contributed by atoms with Gasteiger partial charge in [0.25, 0.3) is 0 Å². The molecule has 0 spiro atoms. The lowest BCUT2D eigenvalue weighted by atomic mass is 9.83. The smallest absolute Gasteiger partial charge is 0.0547 e. The maximum Gasteiger partial charge on any atom is 0.0547 e. The molecular weight excluding hydrogens is 212 g/mol. The van der Waals surface area contributed by atoms with Crippen molar-refractivity contribution in [2.45, 2.75) is 32.6 Å². The van der Waals surface area contributed by atoms with Gasteiger partial charge in [0.15, 0.2) is 0 Å². The van der Waals surface area contributed by atoms with Gasteiger partial charge in [0.05, 0.1) is 6.61 Å². The van der Waals surface area contributed by atoms with Gasteiger partial charge in [-0.25, -0.2) is 0 Å². The first-order chi connectivity index (χ1) is 8.24. The molecule has 0 bridgehead atoms. The van der Waals surface area contributed by atoms with Gasteiger partial charge in [-0.3, -0.25) is 0 Å². The van der Waals surface area contributed by atoms with E-state index in [1.165, 1.54) is 38.8 Å². The monoisotopic (exact) mass is 240 g/mol. The molecule has 2 fully saturated rings. The van der Waals surface area contributed by atoms with Crippen molar-refractivity contribution >= 4 is 0 Å². The first kappa shape index (κ1) is 13.3. The Labute approximate surface area is 106 Å². The van der Waals surface area contributed by atoms with E-state index in [0.717, 1.165) is 32.2 Å². The number of rotatable bonds is 7. The molecule has 3 heteroatoms. The SMILES string of the molecule is CCNCC1(CN(C)CC2CCC2)CCOC1. The van der Waals surface area contributed by atoms with Gasteiger partial charge in [0.2, 0.25) is 0 Å². The highest BCUT2D eigenvalue weighted by Crippen LogP contribution is 2.31. The molecule has 1 aliphatic carbocycles. The molecule has 1 saturated heterocycles. The maximum absolute atomic E-state index is 5.64. The number of hydrogen-bond acceptors (Lipinski definition) is 3. The minimum atomic E-state index is 0.370. The van der Waals surface area contributed by atoms with E-state index in [1.54, 1.807) is 0 Å². The summed E-state index contributed by atoms with van der Waals surface area (Å²) in [5, 5.41) is 3.51. The van der Waals surface area contributed by atoms with Crippen LogP contribution in [0.5, 0.6) is 0 Å². The highest BCUT2D eigenvalue weighted by molar-refractivity contribution is 4.88. The van der Waals surface area contributed by atoms with Crippen molar-refractivity contribution in [3.05, 3.63) is 0 Å². The summed E-state index contributed by atoms with van der Waals surface area (Å²) >= 11 is 0. The van der Waals surface area contributed by atoms with E-state index in [4.69, 9.17) is 4.74 Å². The molecule has 2 rings (SSSR count). The molecule has 1 saturated carbocycles. The van der Waals surface area contributed by atoms with Gasteiger partial charge in [-0.1, -0.05) is 13.3 Å². The topological polar surface area (TPSA) is 24.5 Å². The molecule has 100 valence electrons. The minimum absolute atomic E-state index is 0.370. The Kier molecular flexibility index (Phi) is 4.83. The lowest BCUT2D eigenvalue weighted by molar-refractivity contribution is 0.103. The molecule has 17 heavy (non-hydrogen) atoms. The third kappa shape index (κ3) is 3.67. The van der Waals surface area contributed by atoms with Crippen LogP contribution in [0.2, 0.25) is 0 Å². The van der Waals surface area contributed by atoms with Crippen molar-refractivity contribution in [3.8, 4) is 0 Å². The van der Waals surface area contributed by atoms with Crippen molar-refractivity contribution in [3.63, 3.8) is 0 Å². The zero-order valence-corrected chi connectivity index (χ0v) is 11.5. The van der Waals surface area contributed by atoms with Crippen molar-refractivity contribution in [2.24, 2.45) is 11.3 Å². The second-order valence-corrected chi connectivity index (χ2v) is 6.08. The molecule has 3 nitrogen and oxygen atoms in total. The molecule has 0 aromatic heterocycles. The zero-order chi connectivity index (χ0) is 12.1. The second-order valence-electron chi connectivity index (χ2n) is 6.08. The van der Waals surface area contributed by atoms with Crippen molar-refractivity contribution in [2.75, 3.05) is 46.4 Å². The van der Waals surface area contributed by atoms with E-state index < -0.39 is 0 Å². The molecule has 1 aliphatic heterocycles. The Bertz CT molecular complexity index is 222. The van der Waals surface area contributed by atoms with Crippen molar-refractivity contribution < 1.29 is 4.74 Å². The summed E-state index contributed by atoms with van der Waals surface area (Å²) in [4.78, 5) is 2.54. The standard InChI is InChI=1S/C14H28N2O/c1-3-15-10-14(7-8-17-12-14)11-16(2)9-13-5-4-6-13/h13,15H,3-12H2,1-2H3. The van der Waals surface area contributed by atoms with Crippen molar-refractivity contribution in [1.82, 2.24) is 10.2 Å². The molecule has 0 aromatic rings. The normalized spacial score (nSPS) is 29.8. The van der Waals surface area contributed by atoms with Gasteiger partial charge in [0, 0.05) is 31.7 Å².